The Labute approximate surface area is 124 Å². The first-order valence-corrected chi connectivity index (χ1v) is 7.10. The van der Waals surface area contributed by atoms with Crippen molar-refractivity contribution in [3.05, 3.63) is 48.3 Å². The summed E-state index contributed by atoms with van der Waals surface area (Å²) in [7, 11) is 1.90. The van der Waals surface area contributed by atoms with Gasteiger partial charge in [-0.3, -0.25) is 9.48 Å². The summed E-state index contributed by atoms with van der Waals surface area (Å²) in [6.45, 7) is 2.82. The Balaban J connectivity index is 2.16. The van der Waals surface area contributed by atoms with E-state index in [-0.39, 0.29) is 12.5 Å². The fourth-order valence-corrected chi connectivity index (χ4v) is 2.40. The van der Waals surface area contributed by atoms with Gasteiger partial charge in [0.05, 0.1) is 12.2 Å². The molecule has 0 saturated carbocycles. The molecule has 0 aliphatic carbocycles. The maximum absolute atomic E-state index is 10.7. The summed E-state index contributed by atoms with van der Waals surface area (Å²) in [6.07, 6.45) is 4.66. The maximum atomic E-state index is 10.7. The SMILES string of the molecule is CC(c1cnn(C)c1)N(CCCC(=O)O)c1ccccc1. The molecule has 1 atom stereocenters. The van der Waals surface area contributed by atoms with E-state index in [0.29, 0.717) is 13.0 Å². The van der Waals surface area contributed by atoms with Gasteiger partial charge in [0.1, 0.15) is 0 Å². The van der Waals surface area contributed by atoms with Crippen molar-refractivity contribution in [2.45, 2.75) is 25.8 Å². The Hall–Kier alpha value is -2.30. The number of aliphatic carboxylic acids is 1. The Morgan fingerprint density at radius 2 is 2.10 bits per heavy atom. The number of anilines is 1. The molecule has 1 N–H and O–H groups in total. The number of carboxylic acid groups (broad SMARTS) is 1. The van der Waals surface area contributed by atoms with Crippen LogP contribution in [-0.2, 0) is 11.8 Å². The van der Waals surface area contributed by atoms with E-state index in [1.807, 2.05) is 49.8 Å². The largest absolute Gasteiger partial charge is 0.481 e. The molecule has 2 aromatic rings. The number of hydrogen-bond donors (Lipinski definition) is 1. The van der Waals surface area contributed by atoms with Gasteiger partial charge in [0, 0.05) is 37.5 Å². The molecule has 0 saturated heterocycles. The van der Waals surface area contributed by atoms with Gasteiger partial charge in [0.15, 0.2) is 0 Å². The van der Waals surface area contributed by atoms with E-state index in [4.69, 9.17) is 5.11 Å². The lowest BCUT2D eigenvalue weighted by Gasteiger charge is -2.31. The number of aromatic nitrogens is 2. The van der Waals surface area contributed by atoms with Gasteiger partial charge >= 0.3 is 5.97 Å². The van der Waals surface area contributed by atoms with E-state index >= 15 is 0 Å². The zero-order valence-electron chi connectivity index (χ0n) is 12.4. The lowest BCUT2D eigenvalue weighted by Crippen LogP contribution is -2.28. The summed E-state index contributed by atoms with van der Waals surface area (Å²) in [5.41, 5.74) is 2.22. The third-order valence-electron chi connectivity index (χ3n) is 3.55. The molecule has 0 amide bonds. The van der Waals surface area contributed by atoms with Crippen LogP contribution in [0.4, 0.5) is 5.69 Å². The normalized spacial score (nSPS) is 12.1. The number of benzene rings is 1. The van der Waals surface area contributed by atoms with E-state index in [1.54, 1.807) is 4.68 Å². The number of aryl methyl sites for hydroxylation is 1. The van der Waals surface area contributed by atoms with Gasteiger partial charge in [-0.05, 0) is 25.5 Å². The minimum Gasteiger partial charge on any atom is -0.481 e. The van der Waals surface area contributed by atoms with Gasteiger partial charge in [-0.25, -0.2) is 0 Å². The Kier molecular flexibility index (Phi) is 4.98. The number of nitrogens with zero attached hydrogens (tertiary/aromatic N) is 3. The molecule has 1 aromatic heterocycles. The maximum Gasteiger partial charge on any atom is 0.303 e. The Bertz CT molecular complexity index is 580. The summed E-state index contributed by atoms with van der Waals surface area (Å²) in [4.78, 5) is 13.0. The molecular formula is C16H21N3O2. The Morgan fingerprint density at radius 1 is 1.38 bits per heavy atom. The zero-order valence-corrected chi connectivity index (χ0v) is 12.4. The molecule has 0 fully saturated rings. The predicted molar refractivity (Wildman–Crippen MR) is 82.3 cm³/mol. The van der Waals surface area contributed by atoms with Gasteiger partial charge in [0.2, 0.25) is 0 Å². The highest BCUT2D eigenvalue weighted by Crippen LogP contribution is 2.26. The number of carbonyl (C=O) groups is 1. The first kappa shape index (κ1) is 15.1. The van der Waals surface area contributed by atoms with Crippen LogP contribution in [0.2, 0.25) is 0 Å². The standard InChI is InChI=1S/C16H21N3O2/c1-13(14-11-17-18(2)12-14)19(10-6-9-16(20)21)15-7-4-3-5-8-15/h3-5,7-8,11-13H,6,9-10H2,1-2H3,(H,20,21). The topological polar surface area (TPSA) is 58.4 Å². The third kappa shape index (κ3) is 4.08. The fraction of sp³-hybridized carbons (Fsp3) is 0.375. The molecule has 5 heteroatoms. The summed E-state index contributed by atoms with van der Waals surface area (Å²) < 4.78 is 1.78. The molecule has 0 bridgehead atoms. The van der Waals surface area contributed by atoms with Crippen LogP contribution in [0.3, 0.4) is 0 Å². The zero-order chi connectivity index (χ0) is 15.2. The number of rotatable bonds is 7. The monoisotopic (exact) mass is 287 g/mol. The molecule has 1 unspecified atom stereocenters. The van der Waals surface area contributed by atoms with Crippen molar-refractivity contribution in [1.29, 1.82) is 0 Å². The van der Waals surface area contributed by atoms with Crippen LogP contribution < -0.4 is 4.90 Å². The van der Waals surface area contributed by atoms with Crippen LogP contribution >= 0.6 is 0 Å². The predicted octanol–water partition coefficient (Wildman–Crippen LogP) is 2.85. The van der Waals surface area contributed by atoms with Gasteiger partial charge in [-0.1, -0.05) is 18.2 Å². The van der Waals surface area contributed by atoms with Crippen LogP contribution in [0.1, 0.15) is 31.4 Å². The highest BCUT2D eigenvalue weighted by atomic mass is 16.4. The molecule has 112 valence electrons. The van der Waals surface area contributed by atoms with E-state index in [9.17, 15) is 4.79 Å². The molecule has 0 aliphatic heterocycles. The van der Waals surface area contributed by atoms with Crippen LogP contribution in [-0.4, -0.2) is 27.4 Å². The first-order valence-electron chi connectivity index (χ1n) is 7.10. The van der Waals surface area contributed by atoms with Gasteiger partial charge < -0.3 is 10.0 Å². The van der Waals surface area contributed by atoms with Crippen molar-refractivity contribution in [2.24, 2.45) is 7.05 Å². The van der Waals surface area contributed by atoms with Crippen molar-refractivity contribution in [3.63, 3.8) is 0 Å². The molecule has 0 radical (unpaired) electrons. The minimum atomic E-state index is -0.753. The van der Waals surface area contributed by atoms with Gasteiger partial charge in [-0.15, -0.1) is 0 Å². The number of carboxylic acids is 1. The second-order valence-electron chi connectivity index (χ2n) is 5.15. The molecular weight excluding hydrogens is 266 g/mol. The molecule has 1 heterocycles. The Morgan fingerprint density at radius 3 is 2.67 bits per heavy atom. The molecule has 1 aromatic carbocycles. The summed E-state index contributed by atoms with van der Waals surface area (Å²) in [5, 5.41) is 13.0. The highest BCUT2D eigenvalue weighted by molar-refractivity contribution is 5.66. The molecule has 0 spiro atoms. The summed E-state index contributed by atoms with van der Waals surface area (Å²) in [6, 6.07) is 10.2. The number of para-hydroxylation sites is 1. The van der Waals surface area contributed by atoms with Crippen molar-refractivity contribution < 1.29 is 9.90 Å². The van der Waals surface area contributed by atoms with E-state index in [0.717, 1.165) is 11.3 Å². The molecule has 2 rings (SSSR count). The van der Waals surface area contributed by atoms with E-state index in [2.05, 4.69) is 16.9 Å². The van der Waals surface area contributed by atoms with Crippen LogP contribution in [0.25, 0.3) is 0 Å². The summed E-state index contributed by atoms with van der Waals surface area (Å²) in [5.74, 6) is -0.753. The smallest absolute Gasteiger partial charge is 0.303 e. The highest BCUT2D eigenvalue weighted by Gasteiger charge is 2.17. The minimum absolute atomic E-state index is 0.148. The first-order chi connectivity index (χ1) is 10.1. The molecule has 5 nitrogen and oxygen atoms in total. The van der Waals surface area contributed by atoms with Crippen molar-refractivity contribution in [3.8, 4) is 0 Å². The average molecular weight is 287 g/mol. The van der Waals surface area contributed by atoms with Crippen molar-refractivity contribution in [1.82, 2.24) is 9.78 Å². The van der Waals surface area contributed by atoms with Crippen LogP contribution in [0.15, 0.2) is 42.7 Å². The number of hydrogen-bond acceptors (Lipinski definition) is 3. The lowest BCUT2D eigenvalue weighted by atomic mass is 10.1. The fourth-order valence-electron chi connectivity index (χ4n) is 2.40. The quantitative estimate of drug-likeness (QED) is 0.850. The lowest BCUT2D eigenvalue weighted by molar-refractivity contribution is -0.137. The van der Waals surface area contributed by atoms with Crippen molar-refractivity contribution >= 4 is 11.7 Å². The summed E-state index contributed by atoms with van der Waals surface area (Å²) >= 11 is 0. The molecule has 0 aliphatic rings. The van der Waals surface area contributed by atoms with Crippen LogP contribution in [0.5, 0.6) is 0 Å². The average Bonchev–Trinajstić information content (AvgIpc) is 2.90. The second-order valence-corrected chi connectivity index (χ2v) is 5.15. The van der Waals surface area contributed by atoms with E-state index in [1.165, 1.54) is 0 Å². The van der Waals surface area contributed by atoms with E-state index < -0.39 is 5.97 Å². The second kappa shape index (κ2) is 6.92. The third-order valence-corrected chi connectivity index (χ3v) is 3.55. The van der Waals surface area contributed by atoms with Crippen LogP contribution in [0, 0.1) is 0 Å². The molecule has 21 heavy (non-hydrogen) atoms. The van der Waals surface area contributed by atoms with Gasteiger partial charge in [-0.2, -0.15) is 5.10 Å². The van der Waals surface area contributed by atoms with Gasteiger partial charge in [0.25, 0.3) is 0 Å². The van der Waals surface area contributed by atoms with Crippen molar-refractivity contribution in [2.75, 3.05) is 11.4 Å².